The van der Waals surface area contributed by atoms with Crippen molar-refractivity contribution in [2.24, 2.45) is 23.7 Å². The number of anilines is 1. The molecule has 2 saturated carbocycles. The molecular formula is C40H39ClFN3O7. The number of phenols is 1. The molecule has 6 atom stereocenters. The summed E-state index contributed by atoms with van der Waals surface area (Å²) in [6, 6.07) is 14.8. The Hall–Kier alpha value is -4.90. The highest BCUT2D eigenvalue weighted by Crippen LogP contribution is 2.66. The van der Waals surface area contributed by atoms with Crippen LogP contribution in [0, 0.1) is 29.5 Å². The van der Waals surface area contributed by atoms with Crippen LogP contribution in [0.1, 0.15) is 62.0 Å². The third-order valence-electron chi connectivity index (χ3n) is 12.0. The molecule has 4 fully saturated rings. The van der Waals surface area contributed by atoms with Gasteiger partial charge in [0.2, 0.25) is 11.8 Å². The number of methoxy groups -OCH3 is 2. The van der Waals surface area contributed by atoms with E-state index in [0.717, 1.165) is 42.7 Å². The van der Waals surface area contributed by atoms with E-state index in [1.807, 2.05) is 6.08 Å². The predicted octanol–water partition coefficient (Wildman–Crippen LogP) is 6.52. The van der Waals surface area contributed by atoms with Crippen LogP contribution < -0.4 is 14.9 Å². The number of likely N-dealkylation sites (tertiary alicyclic amines) is 1. The van der Waals surface area contributed by atoms with Gasteiger partial charge in [-0.3, -0.25) is 29.5 Å². The first-order valence-corrected chi connectivity index (χ1v) is 18.2. The molecule has 6 unspecified atom stereocenters. The lowest BCUT2D eigenvalue weighted by Gasteiger charge is -2.51. The molecule has 12 heteroatoms. The lowest BCUT2D eigenvalue weighted by molar-refractivity contribution is -0.144. The van der Waals surface area contributed by atoms with E-state index in [2.05, 4.69) is 5.43 Å². The fourth-order valence-corrected chi connectivity index (χ4v) is 10.0. The molecule has 0 bridgehead atoms. The molecule has 52 heavy (non-hydrogen) atoms. The van der Waals surface area contributed by atoms with Gasteiger partial charge in [-0.05, 0) is 73.6 Å². The third kappa shape index (κ3) is 5.03. The topological polar surface area (TPSA) is 125 Å². The molecule has 3 aliphatic carbocycles. The minimum atomic E-state index is -1.63. The molecule has 2 saturated heterocycles. The van der Waals surface area contributed by atoms with Gasteiger partial charge in [-0.2, -0.15) is 5.01 Å². The van der Waals surface area contributed by atoms with Crippen molar-refractivity contribution in [1.82, 2.24) is 9.91 Å². The van der Waals surface area contributed by atoms with Crippen LogP contribution in [0.5, 0.6) is 17.2 Å². The summed E-state index contributed by atoms with van der Waals surface area (Å²) in [7, 11) is 2.89. The number of rotatable bonds is 7. The molecule has 5 aliphatic rings. The van der Waals surface area contributed by atoms with Gasteiger partial charge in [-0.1, -0.05) is 54.6 Å². The third-order valence-corrected chi connectivity index (χ3v) is 12.3. The van der Waals surface area contributed by atoms with Gasteiger partial charge in [-0.15, -0.1) is 0 Å². The number of hydrogen-bond donors (Lipinski definition) is 2. The number of halogens is 2. The molecule has 2 aliphatic heterocycles. The zero-order valence-corrected chi connectivity index (χ0v) is 29.6. The van der Waals surface area contributed by atoms with Gasteiger partial charge >= 0.3 is 0 Å². The number of aromatic hydroxyl groups is 1. The Bertz CT molecular complexity index is 1970. The number of amides is 4. The number of fused-ring (bicyclic) bond motifs is 4. The number of benzene rings is 3. The lowest BCUT2D eigenvalue weighted by atomic mass is 9.49. The van der Waals surface area contributed by atoms with Gasteiger partial charge in [0.05, 0.1) is 43.1 Å². The molecule has 8 rings (SSSR count). The van der Waals surface area contributed by atoms with Gasteiger partial charge in [0.15, 0.2) is 0 Å². The van der Waals surface area contributed by atoms with Crippen molar-refractivity contribution >= 4 is 40.9 Å². The fourth-order valence-electron chi connectivity index (χ4n) is 9.90. The van der Waals surface area contributed by atoms with E-state index >= 15 is 4.79 Å². The largest absolute Gasteiger partial charge is 0.508 e. The SMILES string of the molecule is COc1cc(O)cc(OC)c1C1C2=CCC3C(=O)N(C4CCCCC4)C(=O)C3C2CC2C(=O)N(Nc3ccc(F)cc3)C(=O)C21c1ccc(Cl)cc1. The zero-order chi connectivity index (χ0) is 36.5. The molecule has 270 valence electrons. The van der Waals surface area contributed by atoms with Crippen LogP contribution >= 0.6 is 11.6 Å². The van der Waals surface area contributed by atoms with Crippen molar-refractivity contribution in [3.05, 3.63) is 94.3 Å². The van der Waals surface area contributed by atoms with E-state index in [-0.39, 0.29) is 47.9 Å². The van der Waals surface area contributed by atoms with Crippen LogP contribution in [-0.4, -0.2) is 58.9 Å². The number of allylic oxidation sites excluding steroid dienone is 2. The summed E-state index contributed by atoms with van der Waals surface area (Å²) < 4.78 is 25.7. The van der Waals surface area contributed by atoms with Crippen LogP contribution in [-0.2, 0) is 24.6 Å². The van der Waals surface area contributed by atoms with Crippen molar-refractivity contribution in [3.63, 3.8) is 0 Å². The van der Waals surface area contributed by atoms with Crippen molar-refractivity contribution in [3.8, 4) is 17.2 Å². The Morgan fingerprint density at radius 3 is 2.15 bits per heavy atom. The van der Waals surface area contributed by atoms with Crippen molar-refractivity contribution in [2.45, 2.75) is 62.3 Å². The number of imide groups is 2. The monoisotopic (exact) mass is 727 g/mol. The highest BCUT2D eigenvalue weighted by Gasteiger charge is 2.71. The number of nitrogens with one attached hydrogen (secondary N) is 1. The van der Waals surface area contributed by atoms with E-state index in [0.29, 0.717) is 21.8 Å². The Kier molecular flexibility index (Phi) is 8.52. The van der Waals surface area contributed by atoms with Gasteiger partial charge < -0.3 is 14.6 Å². The first kappa shape index (κ1) is 34.2. The van der Waals surface area contributed by atoms with Crippen LogP contribution in [0.25, 0.3) is 0 Å². The van der Waals surface area contributed by atoms with Gasteiger partial charge in [-0.25, -0.2) is 4.39 Å². The summed E-state index contributed by atoms with van der Waals surface area (Å²) in [6.45, 7) is 0. The van der Waals surface area contributed by atoms with Crippen LogP contribution in [0.2, 0.25) is 5.02 Å². The van der Waals surface area contributed by atoms with Gasteiger partial charge in [0, 0.05) is 34.7 Å². The summed E-state index contributed by atoms with van der Waals surface area (Å²) in [5.74, 6) is -5.54. The zero-order valence-electron chi connectivity index (χ0n) is 28.8. The summed E-state index contributed by atoms with van der Waals surface area (Å²) in [5.41, 5.74) is 3.30. The quantitative estimate of drug-likeness (QED) is 0.208. The Morgan fingerprint density at radius 1 is 0.865 bits per heavy atom. The molecule has 2 heterocycles. The maximum Gasteiger partial charge on any atom is 0.260 e. The Morgan fingerprint density at radius 2 is 1.52 bits per heavy atom. The number of phenolic OH excluding ortho intramolecular Hbond substituents is 1. The number of carbonyl (C=O) groups is 4. The summed E-state index contributed by atoms with van der Waals surface area (Å²) in [4.78, 5) is 60.5. The number of nitrogens with zero attached hydrogens (tertiary/aromatic N) is 2. The van der Waals surface area contributed by atoms with Crippen molar-refractivity contribution in [1.29, 1.82) is 0 Å². The minimum absolute atomic E-state index is 0.110. The van der Waals surface area contributed by atoms with Crippen LogP contribution in [0.3, 0.4) is 0 Å². The molecule has 10 nitrogen and oxygen atoms in total. The maximum absolute atomic E-state index is 15.4. The normalized spacial score (nSPS) is 28.7. The highest BCUT2D eigenvalue weighted by molar-refractivity contribution is 6.30. The molecule has 2 N–H and O–H groups in total. The average molecular weight is 728 g/mol. The molecule has 0 spiro atoms. The lowest BCUT2D eigenvalue weighted by Crippen LogP contribution is -2.53. The van der Waals surface area contributed by atoms with E-state index in [1.165, 1.54) is 55.5 Å². The second-order valence-corrected chi connectivity index (χ2v) is 14.9. The summed E-state index contributed by atoms with van der Waals surface area (Å²) in [5, 5.41) is 12.1. The van der Waals surface area contributed by atoms with Crippen molar-refractivity contribution in [2.75, 3.05) is 19.6 Å². The van der Waals surface area contributed by atoms with Gasteiger partial charge in [0.25, 0.3) is 11.8 Å². The van der Waals surface area contributed by atoms with E-state index in [9.17, 15) is 23.9 Å². The maximum atomic E-state index is 15.4. The first-order valence-electron chi connectivity index (χ1n) is 17.8. The van der Waals surface area contributed by atoms with Crippen molar-refractivity contribution < 1.29 is 38.1 Å². The average Bonchev–Trinajstić information content (AvgIpc) is 3.53. The highest BCUT2D eigenvalue weighted by atomic mass is 35.5. The standard InChI is InChI=1S/C40H39ClFN3O7/c1-51-31-18-26(46)19-32(52-2)34(31)35-27-16-17-28-33(38(49)44(36(28)47)25-6-4-3-5-7-25)29(27)20-30-37(48)45(43-24-14-12-23(42)13-15-24)39(50)40(30,35)21-8-10-22(41)11-9-21/h8-16,18-19,25,28-30,33,35,43,46H,3-7,17,20H2,1-2H3. The number of hydrazine groups is 1. The molecule has 0 aromatic heterocycles. The summed E-state index contributed by atoms with van der Waals surface area (Å²) in [6.07, 6.45) is 6.87. The van der Waals surface area contributed by atoms with Crippen LogP contribution in [0.4, 0.5) is 10.1 Å². The molecule has 3 aromatic carbocycles. The molecule has 3 aromatic rings. The van der Waals surface area contributed by atoms with Crippen LogP contribution in [0.15, 0.2) is 72.3 Å². The Balaban J connectivity index is 1.36. The van der Waals surface area contributed by atoms with Gasteiger partial charge in [0.1, 0.15) is 23.1 Å². The smallest absolute Gasteiger partial charge is 0.260 e. The van der Waals surface area contributed by atoms with E-state index < -0.39 is 52.6 Å². The fraction of sp³-hybridized carbons (Fsp3) is 0.400. The number of ether oxygens (including phenoxy) is 2. The van der Waals surface area contributed by atoms with E-state index in [1.54, 1.807) is 24.3 Å². The number of hydrogen-bond acceptors (Lipinski definition) is 8. The first-order chi connectivity index (χ1) is 25.1. The number of carbonyl (C=O) groups excluding carboxylic acids is 4. The molecule has 0 radical (unpaired) electrons. The second-order valence-electron chi connectivity index (χ2n) is 14.5. The molecular weight excluding hydrogens is 689 g/mol. The predicted molar refractivity (Wildman–Crippen MR) is 189 cm³/mol. The molecule has 4 amide bonds. The summed E-state index contributed by atoms with van der Waals surface area (Å²) >= 11 is 6.39. The Labute approximate surface area is 305 Å². The minimum Gasteiger partial charge on any atom is -0.508 e. The second kappa shape index (κ2) is 12.9. The van der Waals surface area contributed by atoms with E-state index in [4.69, 9.17) is 21.1 Å².